The Balaban J connectivity index is 2.33. The lowest BCUT2D eigenvalue weighted by molar-refractivity contribution is -0.384. The number of morpholine rings is 1. The van der Waals surface area contributed by atoms with E-state index in [9.17, 15) is 10.1 Å². The van der Waals surface area contributed by atoms with Crippen molar-refractivity contribution in [1.29, 1.82) is 5.26 Å². The number of ether oxygens (including phenoxy) is 1. The van der Waals surface area contributed by atoms with E-state index < -0.39 is 11.0 Å². The summed E-state index contributed by atoms with van der Waals surface area (Å²) in [7, 11) is 0. The van der Waals surface area contributed by atoms with E-state index in [0.717, 1.165) is 0 Å². The summed E-state index contributed by atoms with van der Waals surface area (Å²) in [6.45, 7) is 1.12. The maximum atomic E-state index is 11.0. The molecule has 1 aromatic heterocycles. The van der Waals surface area contributed by atoms with E-state index in [2.05, 4.69) is 20.9 Å². The largest absolute Gasteiger partial charge is 0.360 e. The van der Waals surface area contributed by atoms with Crippen molar-refractivity contribution in [2.75, 3.05) is 24.6 Å². The van der Waals surface area contributed by atoms with Gasteiger partial charge in [0.25, 0.3) is 0 Å². The van der Waals surface area contributed by atoms with Crippen LogP contribution in [0, 0.1) is 21.4 Å². The Hall–Kier alpha value is -1.72. The normalized spacial score (nSPS) is 19.3. The van der Waals surface area contributed by atoms with Crippen molar-refractivity contribution in [1.82, 2.24) is 4.98 Å². The third-order valence-electron chi connectivity index (χ3n) is 2.52. The van der Waals surface area contributed by atoms with E-state index in [4.69, 9.17) is 10.00 Å². The number of halogens is 1. The Morgan fingerprint density at radius 1 is 1.72 bits per heavy atom. The number of nitrogens with zero attached hydrogens (tertiary/aromatic N) is 4. The number of rotatable bonds is 2. The van der Waals surface area contributed by atoms with E-state index in [0.29, 0.717) is 17.6 Å². The molecule has 0 spiro atoms. The zero-order valence-electron chi connectivity index (χ0n) is 9.24. The van der Waals surface area contributed by atoms with Crippen molar-refractivity contribution in [3.8, 4) is 6.07 Å². The Morgan fingerprint density at radius 3 is 3.17 bits per heavy atom. The van der Waals surface area contributed by atoms with Crippen molar-refractivity contribution in [3.05, 3.63) is 26.9 Å². The van der Waals surface area contributed by atoms with Crippen LogP contribution in [0.2, 0.25) is 0 Å². The lowest BCUT2D eigenvalue weighted by Gasteiger charge is -2.30. The molecule has 1 aromatic rings. The van der Waals surface area contributed by atoms with Crippen molar-refractivity contribution in [2.45, 2.75) is 6.10 Å². The molecule has 1 aliphatic heterocycles. The molecule has 0 aliphatic carbocycles. The number of pyridine rings is 1. The minimum Gasteiger partial charge on any atom is -0.360 e. The molecule has 18 heavy (non-hydrogen) atoms. The third-order valence-corrected chi connectivity index (χ3v) is 2.95. The summed E-state index contributed by atoms with van der Waals surface area (Å²) in [5.41, 5.74) is -0.0806. The zero-order chi connectivity index (χ0) is 13.1. The summed E-state index contributed by atoms with van der Waals surface area (Å²) < 4.78 is 5.74. The van der Waals surface area contributed by atoms with Gasteiger partial charge in [0.2, 0.25) is 5.82 Å². The Labute approximate surface area is 111 Å². The highest BCUT2D eigenvalue weighted by atomic mass is 79.9. The van der Waals surface area contributed by atoms with E-state index in [1.807, 2.05) is 6.07 Å². The molecule has 1 atom stereocenters. The summed E-state index contributed by atoms with van der Waals surface area (Å²) >= 11 is 3.15. The van der Waals surface area contributed by atoms with Gasteiger partial charge in [-0.1, -0.05) is 0 Å². The first-order chi connectivity index (χ1) is 8.61. The predicted octanol–water partition coefficient (Wildman–Crippen LogP) is 1.48. The van der Waals surface area contributed by atoms with E-state index >= 15 is 0 Å². The zero-order valence-corrected chi connectivity index (χ0v) is 10.8. The van der Waals surface area contributed by atoms with Crippen LogP contribution in [0.3, 0.4) is 0 Å². The average Bonchev–Trinajstić information content (AvgIpc) is 2.38. The number of nitro groups is 1. The minimum atomic E-state index is -0.580. The molecular weight excluding hydrogens is 304 g/mol. The number of anilines is 1. The number of nitriles is 1. The molecule has 7 nitrogen and oxygen atoms in total. The molecular formula is C10H9BrN4O3. The predicted molar refractivity (Wildman–Crippen MR) is 66.2 cm³/mol. The number of hydrogen-bond acceptors (Lipinski definition) is 6. The van der Waals surface area contributed by atoms with Gasteiger partial charge in [0, 0.05) is 23.3 Å². The van der Waals surface area contributed by atoms with Crippen molar-refractivity contribution in [2.24, 2.45) is 0 Å². The molecule has 0 bridgehead atoms. The van der Waals surface area contributed by atoms with Gasteiger partial charge in [-0.25, -0.2) is 4.98 Å². The summed E-state index contributed by atoms with van der Waals surface area (Å²) in [5, 5.41) is 19.8. The molecule has 0 N–H and O–H groups in total. The fourth-order valence-electron chi connectivity index (χ4n) is 1.72. The molecule has 2 rings (SSSR count). The highest BCUT2D eigenvalue weighted by Crippen LogP contribution is 2.29. The lowest BCUT2D eigenvalue weighted by Crippen LogP contribution is -2.42. The topological polar surface area (TPSA) is 92.3 Å². The Bertz CT molecular complexity index is 516. The first-order valence-electron chi connectivity index (χ1n) is 5.18. The second-order valence-electron chi connectivity index (χ2n) is 3.69. The molecule has 0 amide bonds. The average molecular weight is 313 g/mol. The highest BCUT2D eigenvalue weighted by Gasteiger charge is 2.27. The summed E-state index contributed by atoms with van der Waals surface area (Å²) in [5.74, 6) is 0.270. The number of hydrogen-bond donors (Lipinski definition) is 0. The first kappa shape index (κ1) is 12.7. The van der Waals surface area contributed by atoms with E-state index in [1.54, 1.807) is 4.90 Å². The van der Waals surface area contributed by atoms with Gasteiger partial charge >= 0.3 is 5.69 Å². The molecule has 0 saturated carbocycles. The molecule has 2 heterocycles. The van der Waals surface area contributed by atoms with Crippen LogP contribution in [-0.2, 0) is 4.74 Å². The Kier molecular flexibility index (Phi) is 3.74. The molecule has 0 aromatic carbocycles. The van der Waals surface area contributed by atoms with Gasteiger partial charge in [-0.05, 0) is 15.9 Å². The van der Waals surface area contributed by atoms with Crippen LogP contribution >= 0.6 is 15.9 Å². The van der Waals surface area contributed by atoms with Gasteiger partial charge in [-0.3, -0.25) is 10.1 Å². The van der Waals surface area contributed by atoms with Gasteiger partial charge in [0.05, 0.1) is 24.1 Å². The summed E-state index contributed by atoms with van der Waals surface area (Å²) in [6.07, 6.45) is 0.919. The molecule has 94 valence electrons. The van der Waals surface area contributed by atoms with E-state index in [1.165, 1.54) is 12.3 Å². The molecule has 1 fully saturated rings. The second kappa shape index (κ2) is 5.29. The number of aromatic nitrogens is 1. The van der Waals surface area contributed by atoms with Gasteiger partial charge in [-0.15, -0.1) is 0 Å². The summed E-state index contributed by atoms with van der Waals surface area (Å²) in [4.78, 5) is 16.3. The SMILES string of the molecule is N#CC1CN(c2ncc(Br)cc2[N+](=O)[O-])CCO1. The standard InChI is InChI=1S/C10H9BrN4O3/c11-7-3-9(15(16)17)10(13-5-7)14-1-2-18-8(4-12)6-14/h3,5,8H,1-2,6H2. The minimum absolute atomic E-state index is 0.0806. The molecule has 1 aliphatic rings. The maximum Gasteiger partial charge on any atom is 0.312 e. The maximum absolute atomic E-state index is 11.0. The van der Waals surface area contributed by atoms with Crippen LogP contribution in [0.1, 0.15) is 0 Å². The second-order valence-corrected chi connectivity index (χ2v) is 4.60. The van der Waals surface area contributed by atoms with Crippen LogP contribution in [-0.4, -0.2) is 35.7 Å². The van der Waals surface area contributed by atoms with Crippen LogP contribution < -0.4 is 4.90 Å². The fourth-order valence-corrected chi connectivity index (χ4v) is 2.04. The lowest BCUT2D eigenvalue weighted by atomic mass is 10.2. The molecule has 1 saturated heterocycles. The van der Waals surface area contributed by atoms with E-state index in [-0.39, 0.29) is 18.1 Å². The smallest absolute Gasteiger partial charge is 0.312 e. The van der Waals surface area contributed by atoms with Crippen LogP contribution in [0.25, 0.3) is 0 Å². The molecule has 1 unspecified atom stereocenters. The molecule has 0 radical (unpaired) electrons. The fraction of sp³-hybridized carbons (Fsp3) is 0.400. The monoisotopic (exact) mass is 312 g/mol. The first-order valence-corrected chi connectivity index (χ1v) is 5.97. The van der Waals surface area contributed by atoms with Gasteiger partial charge in [0.15, 0.2) is 6.10 Å². The van der Waals surface area contributed by atoms with Gasteiger partial charge in [0.1, 0.15) is 0 Å². The van der Waals surface area contributed by atoms with Gasteiger partial charge < -0.3 is 9.64 Å². The van der Waals surface area contributed by atoms with Crippen LogP contribution in [0.15, 0.2) is 16.7 Å². The van der Waals surface area contributed by atoms with Crippen molar-refractivity contribution in [3.63, 3.8) is 0 Å². The van der Waals surface area contributed by atoms with Crippen LogP contribution in [0.5, 0.6) is 0 Å². The Morgan fingerprint density at radius 2 is 2.50 bits per heavy atom. The molecule has 8 heteroatoms. The third kappa shape index (κ3) is 2.57. The van der Waals surface area contributed by atoms with Gasteiger partial charge in [-0.2, -0.15) is 5.26 Å². The van der Waals surface area contributed by atoms with Crippen molar-refractivity contribution < 1.29 is 9.66 Å². The summed E-state index contributed by atoms with van der Waals surface area (Å²) in [6, 6.07) is 3.39. The highest BCUT2D eigenvalue weighted by molar-refractivity contribution is 9.10. The quantitative estimate of drug-likeness (QED) is 0.606. The van der Waals surface area contributed by atoms with Crippen molar-refractivity contribution >= 4 is 27.4 Å². The van der Waals surface area contributed by atoms with Crippen LogP contribution in [0.4, 0.5) is 11.5 Å².